The Labute approximate surface area is 145 Å². The Kier molecular flexibility index (Phi) is 4.10. The van der Waals surface area contributed by atoms with Crippen molar-refractivity contribution in [1.29, 1.82) is 5.26 Å². The lowest BCUT2D eigenvalue weighted by molar-refractivity contribution is 0.123. The van der Waals surface area contributed by atoms with Crippen LogP contribution in [-0.2, 0) is 11.3 Å². The molecule has 126 valence electrons. The summed E-state index contributed by atoms with van der Waals surface area (Å²) in [7, 11) is 0. The van der Waals surface area contributed by atoms with Crippen molar-refractivity contribution in [3.63, 3.8) is 0 Å². The lowest BCUT2D eigenvalue weighted by atomic mass is 9.99. The van der Waals surface area contributed by atoms with Crippen LogP contribution < -0.4 is 4.90 Å². The molecule has 1 aliphatic rings. The number of nitriles is 1. The average Bonchev–Trinajstić information content (AvgIpc) is 3.12. The summed E-state index contributed by atoms with van der Waals surface area (Å²) < 4.78 is 5.46. The molecule has 0 unspecified atom stereocenters. The minimum absolute atomic E-state index is 0.0978. The summed E-state index contributed by atoms with van der Waals surface area (Å²) in [5.74, 6) is 0. The Balaban J connectivity index is 1.90. The number of nitrogens with zero attached hydrogens (tertiary/aromatic N) is 3. The third-order valence-corrected chi connectivity index (χ3v) is 4.52. The smallest absolute Gasteiger partial charge is 0.139 e. The molecule has 3 aromatic rings. The van der Waals surface area contributed by atoms with Crippen LogP contribution in [0, 0.1) is 11.3 Å². The maximum atomic E-state index is 9.50. The molecule has 1 aromatic carbocycles. The van der Waals surface area contributed by atoms with Crippen molar-refractivity contribution in [3.8, 4) is 17.2 Å². The van der Waals surface area contributed by atoms with Crippen molar-refractivity contribution < 1.29 is 9.84 Å². The number of ether oxygens (including phenoxy) is 1. The first-order valence-corrected chi connectivity index (χ1v) is 8.24. The second-order valence-corrected chi connectivity index (χ2v) is 6.04. The molecule has 3 heterocycles. The summed E-state index contributed by atoms with van der Waals surface area (Å²) in [4.78, 5) is 9.96. The summed E-state index contributed by atoms with van der Waals surface area (Å²) in [5.41, 5.74) is 5.06. The predicted molar refractivity (Wildman–Crippen MR) is 95.2 cm³/mol. The molecule has 6 heteroatoms. The summed E-state index contributed by atoms with van der Waals surface area (Å²) in [6.45, 7) is 3.00. The number of hydrogen-bond donors (Lipinski definition) is 2. The first kappa shape index (κ1) is 15.6. The zero-order valence-corrected chi connectivity index (χ0v) is 13.7. The molecular formula is C19H18N4O2. The van der Waals surface area contributed by atoms with E-state index in [2.05, 4.69) is 20.9 Å². The molecule has 4 rings (SSSR count). The number of morpholine rings is 1. The van der Waals surface area contributed by atoms with Gasteiger partial charge in [0.25, 0.3) is 0 Å². The molecule has 6 nitrogen and oxygen atoms in total. The second-order valence-electron chi connectivity index (χ2n) is 6.04. The van der Waals surface area contributed by atoms with Gasteiger partial charge in [0.15, 0.2) is 0 Å². The number of aromatic nitrogens is 2. The van der Waals surface area contributed by atoms with Gasteiger partial charge in [-0.15, -0.1) is 0 Å². The van der Waals surface area contributed by atoms with E-state index in [0.717, 1.165) is 46.5 Å². The number of pyridine rings is 1. The van der Waals surface area contributed by atoms with Crippen LogP contribution in [0.5, 0.6) is 0 Å². The third kappa shape index (κ3) is 2.84. The molecule has 1 aliphatic heterocycles. The SMILES string of the molecule is N#Cc1cc(CO)cc(-c2c[nH]c3nccc(N4CCOCC4)c23)c1. The first-order valence-electron chi connectivity index (χ1n) is 8.24. The minimum Gasteiger partial charge on any atom is -0.392 e. The molecule has 25 heavy (non-hydrogen) atoms. The molecular weight excluding hydrogens is 316 g/mol. The molecule has 2 aromatic heterocycles. The van der Waals surface area contributed by atoms with Crippen molar-refractivity contribution >= 4 is 16.7 Å². The number of H-pyrrole nitrogens is 1. The number of aliphatic hydroxyl groups excluding tert-OH is 1. The van der Waals surface area contributed by atoms with Gasteiger partial charge in [-0.1, -0.05) is 0 Å². The van der Waals surface area contributed by atoms with Crippen LogP contribution in [0.3, 0.4) is 0 Å². The van der Waals surface area contributed by atoms with Crippen LogP contribution in [0.2, 0.25) is 0 Å². The van der Waals surface area contributed by atoms with E-state index in [0.29, 0.717) is 18.8 Å². The zero-order chi connectivity index (χ0) is 17.2. The summed E-state index contributed by atoms with van der Waals surface area (Å²) >= 11 is 0. The van der Waals surface area contributed by atoms with E-state index in [1.165, 1.54) is 0 Å². The minimum atomic E-state index is -0.0978. The fourth-order valence-corrected chi connectivity index (χ4v) is 3.34. The summed E-state index contributed by atoms with van der Waals surface area (Å²) in [6.07, 6.45) is 3.72. The van der Waals surface area contributed by atoms with Crippen LogP contribution in [0.25, 0.3) is 22.2 Å². The number of fused-ring (bicyclic) bond motifs is 1. The van der Waals surface area contributed by atoms with Crippen molar-refractivity contribution in [3.05, 3.63) is 47.8 Å². The monoisotopic (exact) mass is 334 g/mol. The molecule has 2 N–H and O–H groups in total. The maximum Gasteiger partial charge on any atom is 0.139 e. The van der Waals surface area contributed by atoms with Gasteiger partial charge in [-0.3, -0.25) is 0 Å². The van der Waals surface area contributed by atoms with Crippen molar-refractivity contribution in [2.24, 2.45) is 0 Å². The predicted octanol–water partition coefficient (Wildman–Crippen LogP) is 2.43. The quantitative estimate of drug-likeness (QED) is 0.768. The van der Waals surface area contributed by atoms with Crippen LogP contribution >= 0.6 is 0 Å². The Hall–Kier alpha value is -2.88. The highest BCUT2D eigenvalue weighted by atomic mass is 16.5. The summed E-state index contributed by atoms with van der Waals surface area (Å²) in [5, 5.41) is 19.8. The maximum absolute atomic E-state index is 9.50. The van der Waals surface area contributed by atoms with Gasteiger partial charge in [-0.2, -0.15) is 5.26 Å². The van der Waals surface area contributed by atoms with E-state index in [-0.39, 0.29) is 6.61 Å². The Morgan fingerprint density at radius 3 is 2.88 bits per heavy atom. The lowest BCUT2D eigenvalue weighted by Crippen LogP contribution is -2.36. The van der Waals surface area contributed by atoms with E-state index in [9.17, 15) is 10.4 Å². The Bertz CT molecular complexity index is 952. The van der Waals surface area contributed by atoms with E-state index >= 15 is 0 Å². The molecule has 0 atom stereocenters. The highest BCUT2D eigenvalue weighted by Crippen LogP contribution is 2.36. The molecule has 0 amide bonds. The normalized spacial score (nSPS) is 14.6. The van der Waals surface area contributed by atoms with Gasteiger partial charge in [-0.05, 0) is 35.4 Å². The number of aromatic amines is 1. The van der Waals surface area contributed by atoms with Gasteiger partial charge in [0.1, 0.15) is 5.65 Å². The fourth-order valence-electron chi connectivity index (χ4n) is 3.34. The number of nitrogens with one attached hydrogen (secondary N) is 1. The van der Waals surface area contributed by atoms with Crippen LogP contribution in [0.1, 0.15) is 11.1 Å². The van der Waals surface area contributed by atoms with E-state index in [4.69, 9.17) is 4.74 Å². The number of hydrogen-bond acceptors (Lipinski definition) is 5. The lowest BCUT2D eigenvalue weighted by Gasteiger charge is -2.29. The van der Waals surface area contributed by atoms with Crippen LogP contribution in [0.4, 0.5) is 5.69 Å². The van der Waals surface area contributed by atoms with Crippen molar-refractivity contribution in [1.82, 2.24) is 9.97 Å². The van der Waals surface area contributed by atoms with Crippen LogP contribution in [-0.4, -0.2) is 41.4 Å². The largest absolute Gasteiger partial charge is 0.392 e. The standard InChI is InChI=1S/C19H18N4O2/c20-10-13-7-14(12-24)9-15(8-13)16-11-22-19-18(16)17(1-2-21-19)23-3-5-25-6-4-23/h1-2,7-9,11,24H,3-6,12H2,(H,21,22). The number of benzene rings is 1. The molecule has 1 fully saturated rings. The molecule has 0 bridgehead atoms. The highest BCUT2D eigenvalue weighted by Gasteiger charge is 2.18. The van der Waals surface area contributed by atoms with Crippen molar-refractivity contribution in [2.45, 2.75) is 6.61 Å². The summed E-state index contributed by atoms with van der Waals surface area (Å²) in [6, 6.07) is 9.66. The van der Waals surface area contributed by atoms with Gasteiger partial charge >= 0.3 is 0 Å². The Morgan fingerprint density at radius 1 is 1.28 bits per heavy atom. The third-order valence-electron chi connectivity index (χ3n) is 4.52. The van der Waals surface area contributed by atoms with Gasteiger partial charge in [0.2, 0.25) is 0 Å². The van der Waals surface area contributed by atoms with Crippen molar-refractivity contribution in [2.75, 3.05) is 31.2 Å². The van der Waals surface area contributed by atoms with E-state index in [1.807, 2.05) is 24.4 Å². The van der Waals surface area contributed by atoms with Gasteiger partial charge in [0.05, 0.1) is 37.1 Å². The first-order chi connectivity index (χ1) is 12.3. The molecule has 1 saturated heterocycles. The Morgan fingerprint density at radius 2 is 2.12 bits per heavy atom. The molecule has 0 saturated carbocycles. The topological polar surface area (TPSA) is 85.2 Å². The zero-order valence-electron chi connectivity index (χ0n) is 13.7. The fraction of sp³-hybridized carbons (Fsp3) is 0.263. The molecule has 0 radical (unpaired) electrons. The van der Waals surface area contributed by atoms with E-state index < -0.39 is 0 Å². The molecule has 0 spiro atoms. The number of aliphatic hydroxyl groups is 1. The van der Waals surface area contributed by atoms with Gasteiger partial charge in [0, 0.05) is 36.4 Å². The van der Waals surface area contributed by atoms with Gasteiger partial charge in [-0.25, -0.2) is 4.98 Å². The van der Waals surface area contributed by atoms with Crippen LogP contribution in [0.15, 0.2) is 36.7 Å². The number of rotatable bonds is 3. The van der Waals surface area contributed by atoms with Gasteiger partial charge < -0.3 is 19.7 Å². The second kappa shape index (κ2) is 6.55. The molecule has 0 aliphatic carbocycles. The highest BCUT2D eigenvalue weighted by molar-refractivity contribution is 6.02. The average molecular weight is 334 g/mol. The number of anilines is 1. The van der Waals surface area contributed by atoms with E-state index in [1.54, 1.807) is 12.3 Å².